The number of ether oxygens (including phenoxy) is 1. The molecule has 1 aromatic heterocycles. The predicted molar refractivity (Wildman–Crippen MR) is 139 cm³/mol. The maximum atomic E-state index is 14.3. The van der Waals surface area contributed by atoms with Gasteiger partial charge >= 0.3 is 5.97 Å². The Morgan fingerprint density at radius 3 is 2.52 bits per heavy atom. The Hall–Kier alpha value is -5.24. The fourth-order valence-electron chi connectivity index (χ4n) is 4.51. The monoisotopic (exact) mass is 543 g/mol. The van der Waals surface area contributed by atoms with Crippen LogP contribution in [0.25, 0.3) is 11.3 Å². The number of aromatic nitrogens is 2. The first-order valence-corrected chi connectivity index (χ1v) is 12.1. The van der Waals surface area contributed by atoms with E-state index < -0.39 is 29.2 Å². The zero-order valence-electron chi connectivity index (χ0n) is 21.0. The molecule has 5 rings (SSSR count). The summed E-state index contributed by atoms with van der Waals surface area (Å²) in [5.41, 5.74) is 2.76. The van der Waals surface area contributed by atoms with Gasteiger partial charge in [0.1, 0.15) is 11.9 Å². The number of anilines is 3. The minimum absolute atomic E-state index is 0.0151. The van der Waals surface area contributed by atoms with Gasteiger partial charge in [0.25, 0.3) is 0 Å². The summed E-state index contributed by atoms with van der Waals surface area (Å²) in [6, 6.07) is 15.1. The van der Waals surface area contributed by atoms with Crippen LogP contribution in [0, 0.1) is 28.8 Å². The van der Waals surface area contributed by atoms with Gasteiger partial charge in [-0.15, -0.1) is 0 Å². The number of hydrogen-bond donors (Lipinski definition) is 1. The minimum Gasteiger partial charge on any atom is -0.420 e. The first-order valence-electron chi connectivity index (χ1n) is 12.1. The second-order valence-electron chi connectivity index (χ2n) is 8.96. The first kappa shape index (κ1) is 26.4. The Balaban J connectivity index is 1.41. The Kier molecular flexibility index (Phi) is 7.16. The molecule has 0 radical (unpaired) electrons. The molecule has 0 fully saturated rings. The van der Waals surface area contributed by atoms with Crippen LogP contribution < -0.4 is 15.0 Å². The molecule has 2 heterocycles. The van der Waals surface area contributed by atoms with Crippen molar-refractivity contribution in [2.45, 2.75) is 19.8 Å². The summed E-state index contributed by atoms with van der Waals surface area (Å²) in [5, 5.41) is 12.6. The second kappa shape index (κ2) is 10.9. The number of nitrogens with one attached hydrogen (secondary N) is 1. The van der Waals surface area contributed by atoms with Crippen LogP contribution >= 0.6 is 0 Å². The Morgan fingerprint density at radius 1 is 1.07 bits per heavy atom. The molecular weight excluding hydrogens is 523 g/mol. The number of amides is 1. The molecule has 1 N–H and O–H groups in total. The summed E-state index contributed by atoms with van der Waals surface area (Å²) in [6.45, 7) is 1.38. The molecule has 1 aliphatic rings. The molecule has 0 saturated carbocycles. The molecule has 40 heavy (non-hydrogen) atoms. The Morgan fingerprint density at radius 2 is 1.82 bits per heavy atom. The minimum atomic E-state index is -1.08. The average Bonchev–Trinajstić information content (AvgIpc) is 3.36. The molecule has 200 valence electrons. The lowest BCUT2D eigenvalue weighted by atomic mass is 10.0. The molecule has 0 aliphatic carbocycles. The van der Waals surface area contributed by atoms with Crippen LogP contribution in [-0.2, 0) is 22.4 Å². The molecule has 0 spiro atoms. The topological polar surface area (TPSA) is 108 Å². The second-order valence-corrected chi connectivity index (χ2v) is 8.96. The van der Waals surface area contributed by atoms with E-state index in [1.165, 1.54) is 17.2 Å². The van der Waals surface area contributed by atoms with Crippen molar-refractivity contribution in [1.82, 2.24) is 9.97 Å². The van der Waals surface area contributed by atoms with Gasteiger partial charge in [0.2, 0.25) is 17.6 Å². The molecule has 8 nitrogen and oxygen atoms in total. The third kappa shape index (κ3) is 5.33. The van der Waals surface area contributed by atoms with E-state index in [9.17, 15) is 28.0 Å². The third-order valence-corrected chi connectivity index (χ3v) is 6.24. The van der Waals surface area contributed by atoms with Gasteiger partial charge in [-0.1, -0.05) is 18.2 Å². The van der Waals surface area contributed by atoms with Crippen molar-refractivity contribution in [1.29, 1.82) is 5.26 Å². The van der Waals surface area contributed by atoms with Gasteiger partial charge in [-0.3, -0.25) is 9.59 Å². The van der Waals surface area contributed by atoms with Crippen LogP contribution in [0.15, 0.2) is 60.8 Å². The van der Waals surface area contributed by atoms with Crippen LogP contribution in [0.4, 0.5) is 30.5 Å². The van der Waals surface area contributed by atoms with E-state index in [1.807, 2.05) is 6.07 Å². The van der Waals surface area contributed by atoms with Gasteiger partial charge in [0.15, 0.2) is 11.6 Å². The van der Waals surface area contributed by atoms with Crippen molar-refractivity contribution < 1.29 is 27.5 Å². The Bertz CT molecular complexity index is 1680. The van der Waals surface area contributed by atoms with Crippen LogP contribution in [-0.4, -0.2) is 28.4 Å². The number of esters is 1. The number of rotatable bonds is 6. The zero-order chi connectivity index (χ0) is 28.4. The van der Waals surface area contributed by atoms with E-state index in [4.69, 9.17) is 0 Å². The highest BCUT2D eigenvalue weighted by Crippen LogP contribution is 2.36. The van der Waals surface area contributed by atoms with E-state index in [1.54, 1.807) is 30.3 Å². The largest absolute Gasteiger partial charge is 0.420 e. The van der Waals surface area contributed by atoms with Crippen molar-refractivity contribution >= 4 is 29.2 Å². The maximum Gasteiger partial charge on any atom is 0.308 e. The number of hydrogen-bond acceptors (Lipinski definition) is 7. The number of carbonyl (C=O) groups is 2. The number of carbonyl (C=O) groups excluding carboxylic acids is 2. The summed E-state index contributed by atoms with van der Waals surface area (Å²) < 4.78 is 47.2. The number of halogens is 3. The van der Waals surface area contributed by atoms with E-state index in [0.717, 1.165) is 24.6 Å². The fraction of sp³-hybridized carbons (Fsp3) is 0.138. The molecule has 1 amide bonds. The van der Waals surface area contributed by atoms with E-state index in [0.29, 0.717) is 29.9 Å². The predicted octanol–water partition coefficient (Wildman–Crippen LogP) is 5.23. The average molecular weight is 544 g/mol. The highest BCUT2D eigenvalue weighted by molar-refractivity contribution is 5.98. The van der Waals surface area contributed by atoms with Crippen LogP contribution in [0.1, 0.15) is 23.6 Å². The van der Waals surface area contributed by atoms with Gasteiger partial charge in [-0.2, -0.15) is 5.26 Å². The molecule has 0 saturated heterocycles. The summed E-state index contributed by atoms with van der Waals surface area (Å²) in [7, 11) is 0. The summed E-state index contributed by atoms with van der Waals surface area (Å²) in [4.78, 5) is 34.1. The zero-order valence-corrected chi connectivity index (χ0v) is 21.0. The molecule has 11 heteroatoms. The van der Waals surface area contributed by atoms with Crippen molar-refractivity contribution in [2.75, 3.05) is 16.8 Å². The number of nitriles is 1. The molecule has 3 aromatic carbocycles. The normalized spacial score (nSPS) is 12.0. The standard InChI is InChI=1S/C29H20F3N5O3/c1-16(38)40-28-23(31)13-21(14-24(28)32)35-29-34-8-6-25(36-29)19-10-18-7-9-37(27(18)20(11-19)15-33)26(39)12-17-4-2-3-5-22(17)30/h2-6,8,10-11,13-14H,7,9,12H2,1H3,(H,34,35,36). The van der Waals surface area contributed by atoms with Crippen LogP contribution in [0.5, 0.6) is 5.75 Å². The van der Waals surface area contributed by atoms with Crippen molar-refractivity contribution in [3.63, 3.8) is 0 Å². The lowest BCUT2D eigenvalue weighted by Gasteiger charge is -2.19. The van der Waals surface area contributed by atoms with Crippen molar-refractivity contribution in [2.24, 2.45) is 0 Å². The van der Waals surface area contributed by atoms with Gasteiger partial charge in [-0.05, 0) is 41.8 Å². The highest BCUT2D eigenvalue weighted by atomic mass is 19.1. The van der Waals surface area contributed by atoms with E-state index in [2.05, 4.69) is 26.1 Å². The molecular formula is C29H20F3N5O3. The fourth-order valence-corrected chi connectivity index (χ4v) is 4.51. The number of fused-ring (bicyclic) bond motifs is 1. The quantitative estimate of drug-likeness (QED) is 0.262. The van der Waals surface area contributed by atoms with Crippen LogP contribution in [0.3, 0.4) is 0 Å². The molecule has 1 aliphatic heterocycles. The molecule has 0 unspecified atom stereocenters. The third-order valence-electron chi connectivity index (χ3n) is 6.24. The molecule has 0 atom stereocenters. The van der Waals surface area contributed by atoms with Gasteiger partial charge in [0, 0.05) is 43.0 Å². The summed E-state index contributed by atoms with van der Waals surface area (Å²) in [5.74, 6) is -4.60. The highest BCUT2D eigenvalue weighted by Gasteiger charge is 2.29. The Labute approximate surface area is 226 Å². The van der Waals surface area contributed by atoms with E-state index >= 15 is 0 Å². The number of benzene rings is 3. The molecule has 0 bridgehead atoms. The van der Waals surface area contributed by atoms with E-state index in [-0.39, 0.29) is 35.1 Å². The smallest absolute Gasteiger partial charge is 0.308 e. The lowest BCUT2D eigenvalue weighted by molar-refractivity contribution is -0.132. The SMILES string of the molecule is CC(=O)Oc1c(F)cc(Nc2nccc(-c3cc(C#N)c4c(c3)CCN4C(=O)Cc3ccccc3F)n2)cc1F. The maximum absolute atomic E-state index is 14.3. The van der Waals surface area contributed by atoms with Crippen LogP contribution in [0.2, 0.25) is 0 Å². The first-order chi connectivity index (χ1) is 19.2. The van der Waals surface area contributed by atoms with Gasteiger partial charge in [-0.25, -0.2) is 23.1 Å². The van der Waals surface area contributed by atoms with Crippen molar-refractivity contribution in [3.8, 4) is 23.1 Å². The summed E-state index contributed by atoms with van der Waals surface area (Å²) in [6.07, 6.45) is 1.79. The number of nitrogens with zero attached hydrogens (tertiary/aromatic N) is 4. The van der Waals surface area contributed by atoms with Crippen molar-refractivity contribution in [3.05, 3.63) is 94.9 Å². The summed E-state index contributed by atoms with van der Waals surface area (Å²) >= 11 is 0. The van der Waals surface area contributed by atoms with Gasteiger partial charge in [0.05, 0.1) is 23.4 Å². The lowest BCUT2D eigenvalue weighted by Crippen LogP contribution is -2.31. The van der Waals surface area contributed by atoms with Gasteiger partial charge < -0.3 is 15.0 Å². The molecule has 4 aromatic rings.